The molecule has 0 fully saturated rings. The smallest absolute Gasteiger partial charge is 0.335 e. The van der Waals surface area contributed by atoms with E-state index in [2.05, 4.69) is 16.0 Å². The number of carboxylic acid groups (broad SMARTS) is 1. The number of carboxylic acids is 1. The minimum absolute atomic E-state index is 0.144. The molecule has 1 aromatic carbocycles. The van der Waals surface area contributed by atoms with Gasteiger partial charge in [0.2, 0.25) is 5.54 Å². The van der Waals surface area contributed by atoms with Crippen molar-refractivity contribution in [3.8, 4) is 17.2 Å². The van der Waals surface area contributed by atoms with E-state index >= 15 is 0 Å². The molecule has 0 radical (unpaired) electrons. The van der Waals surface area contributed by atoms with Gasteiger partial charge in [0, 0.05) is 47.2 Å². The Bertz CT molecular complexity index is 1780. The molecular formula is C31H24N6O3. The molecule has 0 unspecified atom stereocenters. The van der Waals surface area contributed by atoms with E-state index in [4.69, 9.17) is 10.7 Å². The van der Waals surface area contributed by atoms with Crippen LogP contribution in [0.5, 0.6) is 0 Å². The number of carbonyl (C=O) groups excluding carboxylic acids is 1. The molecule has 0 bridgehead atoms. The van der Waals surface area contributed by atoms with Crippen LogP contribution in [0.15, 0.2) is 97.2 Å². The third-order valence-corrected chi connectivity index (χ3v) is 6.71. The van der Waals surface area contributed by atoms with Gasteiger partial charge < -0.3 is 15.4 Å². The van der Waals surface area contributed by atoms with Gasteiger partial charge in [-0.25, -0.2) is 4.79 Å². The molecular weight excluding hydrogens is 504 g/mol. The lowest BCUT2D eigenvalue weighted by molar-refractivity contribution is -0.111. The van der Waals surface area contributed by atoms with E-state index in [1.165, 1.54) is 19.1 Å². The summed E-state index contributed by atoms with van der Waals surface area (Å²) >= 11 is 0. The molecule has 4 heterocycles. The maximum atomic E-state index is 12.5. The van der Waals surface area contributed by atoms with E-state index in [-0.39, 0.29) is 11.3 Å². The molecule has 4 aromatic heterocycles. The van der Waals surface area contributed by atoms with Crippen LogP contribution in [0, 0.1) is 11.3 Å². The standard InChI is InChI=1S/C31H24N6O3/c1-19(33)28(20(2)38)23-15-25-29(36-16-23)24(21-9-11-22(12-10-21)30(39)40)17-37(25)31(18-32,26-7-3-5-13-34-26)27-8-4-6-14-35-27/h3-17H,33H2,1-2H3,(H,39,40). The van der Waals surface area contributed by atoms with Gasteiger partial charge in [-0.1, -0.05) is 24.3 Å². The SMILES string of the molecule is CC(=O)C(=C(C)N)c1cnc2c(-c3ccc(C(=O)O)cc3)cn(C(C#N)(c3ccccn3)c3ccccn3)c2c1. The van der Waals surface area contributed by atoms with Gasteiger partial charge in [0.05, 0.1) is 28.0 Å². The van der Waals surface area contributed by atoms with Crippen LogP contribution < -0.4 is 5.73 Å². The van der Waals surface area contributed by atoms with Gasteiger partial charge in [0.25, 0.3) is 0 Å². The first-order chi connectivity index (χ1) is 19.3. The van der Waals surface area contributed by atoms with Crippen molar-refractivity contribution < 1.29 is 14.7 Å². The topological polar surface area (TPSA) is 148 Å². The molecule has 0 aliphatic heterocycles. The summed E-state index contributed by atoms with van der Waals surface area (Å²) in [5.74, 6) is -1.25. The predicted molar refractivity (Wildman–Crippen MR) is 150 cm³/mol. The fraction of sp³-hybridized carbons (Fsp3) is 0.0968. The number of hydrogen-bond acceptors (Lipinski definition) is 7. The highest BCUT2D eigenvalue weighted by molar-refractivity contribution is 6.20. The van der Waals surface area contributed by atoms with E-state index < -0.39 is 11.5 Å². The molecule has 0 spiro atoms. The maximum absolute atomic E-state index is 12.5. The Hall–Kier alpha value is -5.62. The quantitative estimate of drug-likeness (QED) is 0.287. The maximum Gasteiger partial charge on any atom is 0.335 e. The summed E-state index contributed by atoms with van der Waals surface area (Å²) in [5, 5.41) is 20.3. The third kappa shape index (κ3) is 4.27. The molecule has 3 N–H and O–H groups in total. The second-order valence-electron chi connectivity index (χ2n) is 9.25. The molecule has 0 amide bonds. The number of aromatic carboxylic acids is 1. The van der Waals surface area contributed by atoms with Crippen molar-refractivity contribution in [2.75, 3.05) is 0 Å². The van der Waals surface area contributed by atoms with E-state index in [9.17, 15) is 20.0 Å². The molecule has 0 atom stereocenters. The molecule has 196 valence electrons. The Morgan fingerprint density at radius 2 is 1.55 bits per heavy atom. The minimum atomic E-state index is -1.52. The molecule has 0 aliphatic carbocycles. The predicted octanol–water partition coefficient (Wildman–Crippen LogP) is 4.79. The van der Waals surface area contributed by atoms with E-state index in [1.54, 1.807) is 90.9 Å². The number of carbonyl (C=O) groups is 2. The minimum Gasteiger partial charge on any atom is -0.478 e. The summed E-state index contributed by atoms with van der Waals surface area (Å²) < 4.78 is 1.76. The highest BCUT2D eigenvalue weighted by Crippen LogP contribution is 2.39. The number of fused-ring (bicyclic) bond motifs is 1. The number of allylic oxidation sites excluding steroid dienone is 2. The number of nitrogens with zero attached hydrogens (tertiary/aromatic N) is 5. The van der Waals surface area contributed by atoms with Gasteiger partial charge >= 0.3 is 5.97 Å². The fourth-order valence-corrected chi connectivity index (χ4v) is 4.93. The molecule has 9 nitrogen and oxygen atoms in total. The summed E-state index contributed by atoms with van der Waals surface area (Å²) in [4.78, 5) is 37.8. The van der Waals surface area contributed by atoms with Crippen molar-refractivity contribution in [3.63, 3.8) is 0 Å². The van der Waals surface area contributed by atoms with Gasteiger partial charge in [0.1, 0.15) is 6.07 Å². The Morgan fingerprint density at radius 1 is 0.925 bits per heavy atom. The Morgan fingerprint density at radius 3 is 2.02 bits per heavy atom. The summed E-state index contributed by atoms with van der Waals surface area (Å²) in [5.41, 5.74) is 9.18. The van der Waals surface area contributed by atoms with Crippen molar-refractivity contribution in [1.82, 2.24) is 19.5 Å². The molecule has 0 saturated carbocycles. The summed E-state index contributed by atoms with van der Waals surface area (Å²) in [7, 11) is 0. The number of nitriles is 1. The van der Waals surface area contributed by atoms with Crippen LogP contribution in [0.1, 0.15) is 41.2 Å². The molecule has 5 rings (SSSR count). The first kappa shape index (κ1) is 26.0. The monoisotopic (exact) mass is 528 g/mol. The van der Waals surface area contributed by atoms with E-state index in [0.717, 1.165) is 0 Å². The number of ketones is 1. The molecule has 0 saturated heterocycles. The third-order valence-electron chi connectivity index (χ3n) is 6.71. The second-order valence-corrected chi connectivity index (χ2v) is 9.25. The van der Waals surface area contributed by atoms with Crippen LogP contribution in [-0.2, 0) is 10.3 Å². The zero-order valence-electron chi connectivity index (χ0n) is 21.7. The van der Waals surface area contributed by atoms with E-state index in [1.807, 2.05) is 0 Å². The van der Waals surface area contributed by atoms with Gasteiger partial charge in [-0.15, -0.1) is 0 Å². The molecule has 9 heteroatoms. The lowest BCUT2D eigenvalue weighted by Crippen LogP contribution is -2.36. The Balaban J connectivity index is 1.91. The number of Topliss-reactive ketones (excluding diaryl/α,β-unsaturated/α-hetero) is 1. The Kier molecular flexibility index (Phi) is 6.68. The number of pyridine rings is 3. The van der Waals surface area contributed by atoms with Crippen LogP contribution in [0.25, 0.3) is 27.7 Å². The average molecular weight is 529 g/mol. The van der Waals surface area contributed by atoms with Crippen LogP contribution >= 0.6 is 0 Å². The normalized spacial score (nSPS) is 12.0. The first-order valence-corrected chi connectivity index (χ1v) is 12.3. The molecule has 0 aliphatic rings. The van der Waals surface area contributed by atoms with Gasteiger partial charge in [-0.3, -0.25) is 19.7 Å². The largest absolute Gasteiger partial charge is 0.478 e. The van der Waals surface area contributed by atoms with Crippen molar-refractivity contribution in [2.24, 2.45) is 5.73 Å². The van der Waals surface area contributed by atoms with Crippen LogP contribution in [0.4, 0.5) is 0 Å². The van der Waals surface area contributed by atoms with Crippen molar-refractivity contribution in [2.45, 2.75) is 19.4 Å². The number of aromatic nitrogens is 4. The van der Waals surface area contributed by atoms with Crippen molar-refractivity contribution in [1.29, 1.82) is 5.26 Å². The van der Waals surface area contributed by atoms with Crippen LogP contribution in [-0.4, -0.2) is 36.4 Å². The zero-order chi connectivity index (χ0) is 28.4. The highest BCUT2D eigenvalue weighted by atomic mass is 16.4. The van der Waals surface area contributed by atoms with Gasteiger partial charge in [0.15, 0.2) is 5.78 Å². The number of hydrogen-bond donors (Lipinski definition) is 2. The summed E-state index contributed by atoms with van der Waals surface area (Å²) in [6.45, 7) is 3.09. The second kappa shape index (κ2) is 10.3. The molecule has 40 heavy (non-hydrogen) atoms. The molecule has 5 aromatic rings. The van der Waals surface area contributed by atoms with E-state index in [0.29, 0.717) is 50.4 Å². The average Bonchev–Trinajstić information content (AvgIpc) is 3.34. The first-order valence-electron chi connectivity index (χ1n) is 12.3. The van der Waals surface area contributed by atoms with Crippen molar-refractivity contribution >= 4 is 28.4 Å². The zero-order valence-corrected chi connectivity index (χ0v) is 21.7. The van der Waals surface area contributed by atoms with Crippen molar-refractivity contribution in [3.05, 3.63) is 120 Å². The summed E-state index contributed by atoms with van der Waals surface area (Å²) in [6, 6.07) is 21.3. The van der Waals surface area contributed by atoms with Gasteiger partial charge in [-0.2, -0.15) is 5.26 Å². The number of nitrogens with two attached hydrogens (primary N) is 1. The van der Waals surface area contributed by atoms with Crippen LogP contribution in [0.3, 0.4) is 0 Å². The lowest BCUT2D eigenvalue weighted by Gasteiger charge is -2.28. The highest BCUT2D eigenvalue weighted by Gasteiger charge is 2.41. The number of benzene rings is 1. The fourth-order valence-electron chi connectivity index (χ4n) is 4.93. The Labute approximate surface area is 229 Å². The summed E-state index contributed by atoms with van der Waals surface area (Å²) in [6.07, 6.45) is 6.58. The van der Waals surface area contributed by atoms with Crippen LogP contribution in [0.2, 0.25) is 0 Å². The number of rotatable bonds is 7. The van der Waals surface area contributed by atoms with Gasteiger partial charge in [-0.05, 0) is 61.9 Å². The lowest BCUT2D eigenvalue weighted by atomic mass is 9.90.